The fourth-order valence-electron chi connectivity index (χ4n) is 2.57. The molecule has 2 aromatic carbocycles. The fraction of sp³-hybridized carbons (Fsp3) is 0.235. The number of ketones is 1. The third-order valence-corrected chi connectivity index (χ3v) is 3.55. The van der Waals surface area contributed by atoms with Gasteiger partial charge < -0.3 is 4.74 Å². The SMILES string of the molecule is O=C1CCCc2c(OCc3cccc(F)c3)cccc21. The zero-order valence-electron chi connectivity index (χ0n) is 11.1. The number of hydrogen-bond acceptors (Lipinski definition) is 2. The molecule has 0 heterocycles. The van der Waals surface area contributed by atoms with Crippen LogP contribution >= 0.6 is 0 Å². The molecule has 0 fully saturated rings. The maximum absolute atomic E-state index is 13.1. The van der Waals surface area contributed by atoms with Crippen molar-refractivity contribution in [2.45, 2.75) is 25.9 Å². The van der Waals surface area contributed by atoms with Gasteiger partial charge in [0, 0.05) is 17.5 Å². The normalized spacial score (nSPS) is 13.9. The molecule has 1 aliphatic carbocycles. The third-order valence-electron chi connectivity index (χ3n) is 3.55. The Balaban J connectivity index is 1.81. The summed E-state index contributed by atoms with van der Waals surface area (Å²) in [6.07, 6.45) is 2.34. The number of carbonyl (C=O) groups is 1. The minimum absolute atomic E-state index is 0.183. The van der Waals surface area contributed by atoms with Crippen LogP contribution in [-0.2, 0) is 13.0 Å². The Morgan fingerprint density at radius 2 is 1.95 bits per heavy atom. The summed E-state index contributed by atoms with van der Waals surface area (Å²) in [7, 11) is 0. The van der Waals surface area contributed by atoms with E-state index in [1.54, 1.807) is 6.07 Å². The summed E-state index contributed by atoms with van der Waals surface area (Å²) in [5.74, 6) is 0.652. The average molecular weight is 270 g/mol. The van der Waals surface area contributed by atoms with Crippen molar-refractivity contribution in [1.29, 1.82) is 0 Å². The molecule has 3 rings (SSSR count). The summed E-state index contributed by atoms with van der Waals surface area (Å²) in [5, 5.41) is 0. The average Bonchev–Trinajstić information content (AvgIpc) is 2.46. The lowest BCUT2D eigenvalue weighted by atomic mass is 9.90. The van der Waals surface area contributed by atoms with Gasteiger partial charge in [-0.3, -0.25) is 4.79 Å². The number of hydrogen-bond donors (Lipinski definition) is 0. The van der Waals surface area contributed by atoms with E-state index in [-0.39, 0.29) is 11.6 Å². The fourth-order valence-corrected chi connectivity index (χ4v) is 2.57. The quantitative estimate of drug-likeness (QED) is 0.844. The van der Waals surface area contributed by atoms with Crippen molar-refractivity contribution in [3.8, 4) is 5.75 Å². The van der Waals surface area contributed by atoms with Gasteiger partial charge in [-0.05, 0) is 36.6 Å². The van der Waals surface area contributed by atoms with E-state index in [0.29, 0.717) is 13.0 Å². The molecule has 0 amide bonds. The maximum atomic E-state index is 13.1. The van der Waals surface area contributed by atoms with E-state index in [1.165, 1.54) is 12.1 Å². The van der Waals surface area contributed by atoms with Gasteiger partial charge in [-0.2, -0.15) is 0 Å². The van der Waals surface area contributed by atoms with Gasteiger partial charge in [0.1, 0.15) is 18.2 Å². The van der Waals surface area contributed by atoms with Crippen LogP contribution in [0.4, 0.5) is 4.39 Å². The van der Waals surface area contributed by atoms with Crippen LogP contribution in [0.25, 0.3) is 0 Å². The molecule has 0 unspecified atom stereocenters. The molecule has 2 nitrogen and oxygen atoms in total. The highest BCUT2D eigenvalue weighted by atomic mass is 19.1. The second-order valence-electron chi connectivity index (χ2n) is 4.98. The molecule has 102 valence electrons. The Hall–Kier alpha value is -2.16. The Morgan fingerprint density at radius 1 is 1.10 bits per heavy atom. The van der Waals surface area contributed by atoms with Gasteiger partial charge in [0.2, 0.25) is 0 Å². The standard InChI is InChI=1S/C17H15FO2/c18-13-5-1-4-12(10-13)11-20-17-9-3-6-14-15(17)7-2-8-16(14)19/h1,3-6,9-10H,2,7-8,11H2. The molecule has 0 saturated heterocycles. The molecular formula is C17H15FO2. The number of carbonyl (C=O) groups excluding carboxylic acids is 1. The zero-order valence-corrected chi connectivity index (χ0v) is 11.1. The number of benzene rings is 2. The first-order chi connectivity index (χ1) is 9.74. The molecule has 0 aliphatic heterocycles. The first-order valence-electron chi connectivity index (χ1n) is 6.76. The highest BCUT2D eigenvalue weighted by Crippen LogP contribution is 2.30. The van der Waals surface area contributed by atoms with E-state index in [1.807, 2.05) is 24.3 Å². The van der Waals surface area contributed by atoms with Crippen LogP contribution in [0.2, 0.25) is 0 Å². The van der Waals surface area contributed by atoms with Gasteiger partial charge in [0.15, 0.2) is 5.78 Å². The van der Waals surface area contributed by atoms with Crippen LogP contribution in [0.1, 0.15) is 34.3 Å². The molecular weight excluding hydrogens is 255 g/mol. The molecule has 0 spiro atoms. The van der Waals surface area contributed by atoms with Crippen molar-refractivity contribution in [2.24, 2.45) is 0 Å². The predicted molar refractivity (Wildman–Crippen MR) is 74.4 cm³/mol. The topological polar surface area (TPSA) is 26.3 Å². The van der Waals surface area contributed by atoms with Gasteiger partial charge in [-0.25, -0.2) is 4.39 Å². The van der Waals surface area contributed by atoms with Crippen LogP contribution in [0.3, 0.4) is 0 Å². The van der Waals surface area contributed by atoms with Crippen LogP contribution in [0, 0.1) is 5.82 Å². The largest absolute Gasteiger partial charge is 0.489 e. The van der Waals surface area contributed by atoms with Crippen LogP contribution < -0.4 is 4.74 Å². The van der Waals surface area contributed by atoms with Crippen molar-refractivity contribution in [3.63, 3.8) is 0 Å². The van der Waals surface area contributed by atoms with E-state index in [4.69, 9.17) is 4.74 Å². The van der Waals surface area contributed by atoms with Gasteiger partial charge >= 0.3 is 0 Å². The minimum Gasteiger partial charge on any atom is -0.489 e. The Bertz CT molecular complexity index is 649. The lowest BCUT2D eigenvalue weighted by molar-refractivity contribution is 0.0971. The van der Waals surface area contributed by atoms with Crippen molar-refractivity contribution >= 4 is 5.78 Å². The minimum atomic E-state index is -0.267. The van der Waals surface area contributed by atoms with Gasteiger partial charge in [0.25, 0.3) is 0 Å². The van der Waals surface area contributed by atoms with E-state index < -0.39 is 0 Å². The van der Waals surface area contributed by atoms with E-state index in [0.717, 1.165) is 35.3 Å². The smallest absolute Gasteiger partial charge is 0.163 e. The molecule has 0 N–H and O–H groups in total. The molecule has 0 radical (unpaired) electrons. The number of fused-ring (bicyclic) bond motifs is 1. The summed E-state index contributed by atoms with van der Waals surface area (Å²) in [4.78, 5) is 11.9. The highest BCUT2D eigenvalue weighted by Gasteiger charge is 2.20. The van der Waals surface area contributed by atoms with Crippen molar-refractivity contribution in [3.05, 3.63) is 65.0 Å². The monoisotopic (exact) mass is 270 g/mol. The van der Waals surface area contributed by atoms with Crippen LogP contribution in [0.5, 0.6) is 5.75 Å². The van der Waals surface area contributed by atoms with E-state index in [2.05, 4.69) is 0 Å². The lowest BCUT2D eigenvalue weighted by Crippen LogP contribution is -2.12. The van der Waals surface area contributed by atoms with Gasteiger partial charge in [-0.15, -0.1) is 0 Å². The van der Waals surface area contributed by atoms with Crippen molar-refractivity contribution in [2.75, 3.05) is 0 Å². The number of halogens is 1. The number of ether oxygens (including phenoxy) is 1. The maximum Gasteiger partial charge on any atom is 0.163 e. The number of rotatable bonds is 3. The van der Waals surface area contributed by atoms with Crippen LogP contribution in [0.15, 0.2) is 42.5 Å². The molecule has 3 heteroatoms. The van der Waals surface area contributed by atoms with E-state index in [9.17, 15) is 9.18 Å². The molecule has 0 saturated carbocycles. The highest BCUT2D eigenvalue weighted by molar-refractivity contribution is 5.99. The number of Topliss-reactive ketones (excluding diaryl/α,β-unsaturated/α-hetero) is 1. The molecule has 2 aromatic rings. The molecule has 1 aliphatic rings. The summed E-state index contributed by atoms with van der Waals surface area (Å²) in [6, 6.07) is 11.9. The second-order valence-corrected chi connectivity index (χ2v) is 4.98. The Morgan fingerprint density at radius 3 is 2.80 bits per heavy atom. The van der Waals surface area contributed by atoms with Crippen molar-refractivity contribution < 1.29 is 13.9 Å². The zero-order chi connectivity index (χ0) is 13.9. The van der Waals surface area contributed by atoms with Gasteiger partial charge in [-0.1, -0.05) is 24.3 Å². The summed E-state index contributed by atoms with van der Waals surface area (Å²) in [6.45, 7) is 0.308. The van der Waals surface area contributed by atoms with Crippen LogP contribution in [-0.4, -0.2) is 5.78 Å². The Kier molecular flexibility index (Phi) is 3.50. The molecule has 0 atom stereocenters. The third kappa shape index (κ3) is 2.57. The molecule has 20 heavy (non-hydrogen) atoms. The predicted octanol–water partition coefficient (Wildman–Crippen LogP) is 3.92. The summed E-state index contributed by atoms with van der Waals surface area (Å²) in [5.41, 5.74) is 2.54. The first kappa shape index (κ1) is 12.9. The molecule has 0 aromatic heterocycles. The Labute approximate surface area is 117 Å². The summed E-state index contributed by atoms with van der Waals surface area (Å²) >= 11 is 0. The lowest BCUT2D eigenvalue weighted by Gasteiger charge is -2.18. The summed E-state index contributed by atoms with van der Waals surface area (Å²) < 4.78 is 18.9. The second kappa shape index (κ2) is 5.45. The van der Waals surface area contributed by atoms with Gasteiger partial charge in [0.05, 0.1) is 0 Å². The first-order valence-corrected chi connectivity index (χ1v) is 6.76. The molecule has 0 bridgehead atoms. The van der Waals surface area contributed by atoms with Crippen molar-refractivity contribution in [1.82, 2.24) is 0 Å². The van der Waals surface area contributed by atoms with E-state index >= 15 is 0 Å².